The molecule has 2 saturated carbocycles. The molecule has 1 amide bonds. The molecule has 2 rings (SSSR count). The Morgan fingerprint density at radius 2 is 2.12 bits per heavy atom. The summed E-state index contributed by atoms with van der Waals surface area (Å²) in [7, 11) is 0. The maximum Gasteiger partial charge on any atom is 0.237 e. The van der Waals surface area contributed by atoms with E-state index in [1.807, 2.05) is 6.92 Å². The number of carbonyl (C=O) groups excluding carboxylic acids is 1. The van der Waals surface area contributed by atoms with Crippen molar-refractivity contribution in [3.63, 3.8) is 0 Å². The summed E-state index contributed by atoms with van der Waals surface area (Å²) >= 11 is 0. The van der Waals surface area contributed by atoms with Crippen LogP contribution >= 0.6 is 0 Å². The number of rotatable bonds is 6. The maximum absolute atomic E-state index is 11.8. The summed E-state index contributed by atoms with van der Waals surface area (Å²) < 4.78 is 0. The molecule has 2 atom stereocenters. The molecular weight excluding hydrogens is 200 g/mol. The minimum absolute atomic E-state index is 0.0428. The van der Waals surface area contributed by atoms with Crippen LogP contribution in [0.25, 0.3) is 0 Å². The van der Waals surface area contributed by atoms with E-state index in [1.54, 1.807) is 0 Å². The van der Waals surface area contributed by atoms with Gasteiger partial charge in [-0.25, -0.2) is 0 Å². The lowest BCUT2D eigenvalue weighted by Crippen LogP contribution is -2.46. The average molecular weight is 224 g/mol. The second-order valence-electron chi connectivity index (χ2n) is 5.77. The molecule has 2 unspecified atom stereocenters. The summed E-state index contributed by atoms with van der Waals surface area (Å²) in [5.74, 6) is 1.21. The summed E-state index contributed by atoms with van der Waals surface area (Å²) in [6, 6.07) is -0.333. The van der Waals surface area contributed by atoms with E-state index in [0.717, 1.165) is 18.9 Å². The van der Waals surface area contributed by atoms with Crippen LogP contribution in [0.1, 0.15) is 46.0 Å². The van der Waals surface area contributed by atoms with Gasteiger partial charge in [0.1, 0.15) is 0 Å². The molecule has 2 aliphatic carbocycles. The van der Waals surface area contributed by atoms with Crippen molar-refractivity contribution in [1.29, 1.82) is 0 Å². The fourth-order valence-corrected chi connectivity index (χ4v) is 2.48. The van der Waals surface area contributed by atoms with Gasteiger partial charge in [0.05, 0.1) is 6.04 Å². The molecule has 3 N–H and O–H groups in total. The van der Waals surface area contributed by atoms with Gasteiger partial charge in [0.2, 0.25) is 5.91 Å². The Morgan fingerprint density at radius 3 is 2.56 bits per heavy atom. The minimum Gasteiger partial charge on any atom is -0.354 e. The molecule has 2 aliphatic rings. The molecule has 3 heteroatoms. The third-order valence-corrected chi connectivity index (χ3v) is 4.51. The fraction of sp³-hybridized carbons (Fsp3) is 0.923. The number of hydrogen-bond donors (Lipinski definition) is 2. The molecule has 0 spiro atoms. The Morgan fingerprint density at radius 1 is 1.50 bits per heavy atom. The Hall–Kier alpha value is -0.570. The maximum atomic E-state index is 11.8. The van der Waals surface area contributed by atoms with E-state index >= 15 is 0 Å². The first-order valence-electron chi connectivity index (χ1n) is 6.62. The zero-order chi connectivity index (χ0) is 11.8. The Bertz CT molecular complexity index is 269. The molecule has 0 bridgehead atoms. The summed E-state index contributed by atoms with van der Waals surface area (Å²) in [5.41, 5.74) is 6.38. The SMILES string of the molecule is CCC(C)C(N)C(=O)NCC1(C2CC2)CC1. The van der Waals surface area contributed by atoms with Crippen LogP contribution in [0.3, 0.4) is 0 Å². The number of nitrogens with two attached hydrogens (primary N) is 1. The van der Waals surface area contributed by atoms with E-state index in [9.17, 15) is 4.79 Å². The third-order valence-electron chi connectivity index (χ3n) is 4.51. The highest BCUT2D eigenvalue weighted by atomic mass is 16.2. The van der Waals surface area contributed by atoms with Crippen molar-refractivity contribution in [2.24, 2.45) is 23.0 Å². The summed E-state index contributed by atoms with van der Waals surface area (Å²) in [6.07, 6.45) is 6.30. The Balaban J connectivity index is 1.75. The molecular formula is C13H24N2O. The first kappa shape index (κ1) is 11.9. The zero-order valence-electron chi connectivity index (χ0n) is 10.5. The average Bonchev–Trinajstić information content (AvgIpc) is 3.15. The lowest BCUT2D eigenvalue weighted by atomic mass is 9.97. The normalized spacial score (nSPS) is 25.9. The van der Waals surface area contributed by atoms with Gasteiger partial charge in [-0.15, -0.1) is 0 Å². The topological polar surface area (TPSA) is 55.1 Å². The van der Waals surface area contributed by atoms with Crippen molar-refractivity contribution < 1.29 is 4.79 Å². The van der Waals surface area contributed by atoms with Crippen molar-refractivity contribution in [2.75, 3.05) is 6.54 Å². The summed E-state index contributed by atoms with van der Waals surface area (Å²) in [6.45, 7) is 4.98. The molecule has 0 radical (unpaired) electrons. The lowest BCUT2D eigenvalue weighted by molar-refractivity contribution is -0.123. The number of amides is 1. The van der Waals surface area contributed by atoms with Crippen LogP contribution in [0, 0.1) is 17.3 Å². The van der Waals surface area contributed by atoms with E-state index in [0.29, 0.717) is 5.41 Å². The van der Waals surface area contributed by atoms with Gasteiger partial charge in [-0.2, -0.15) is 0 Å². The highest BCUT2D eigenvalue weighted by Crippen LogP contribution is 2.60. The Kier molecular flexibility index (Phi) is 3.24. The molecule has 0 aromatic heterocycles. The van der Waals surface area contributed by atoms with E-state index in [1.165, 1.54) is 25.7 Å². The zero-order valence-corrected chi connectivity index (χ0v) is 10.5. The van der Waals surface area contributed by atoms with Crippen LogP contribution < -0.4 is 11.1 Å². The van der Waals surface area contributed by atoms with Crippen LogP contribution in [0.4, 0.5) is 0 Å². The molecule has 0 heterocycles. The molecule has 16 heavy (non-hydrogen) atoms. The second kappa shape index (κ2) is 4.36. The van der Waals surface area contributed by atoms with Gasteiger partial charge < -0.3 is 11.1 Å². The van der Waals surface area contributed by atoms with Crippen molar-refractivity contribution in [3.8, 4) is 0 Å². The van der Waals surface area contributed by atoms with Crippen LogP contribution in [0.15, 0.2) is 0 Å². The highest BCUT2D eigenvalue weighted by molar-refractivity contribution is 5.81. The molecule has 0 aromatic carbocycles. The number of carbonyl (C=O) groups is 1. The molecule has 92 valence electrons. The fourth-order valence-electron chi connectivity index (χ4n) is 2.48. The predicted molar refractivity (Wildman–Crippen MR) is 64.8 cm³/mol. The number of nitrogens with one attached hydrogen (secondary N) is 1. The molecule has 3 nitrogen and oxygen atoms in total. The van der Waals surface area contributed by atoms with Crippen molar-refractivity contribution >= 4 is 5.91 Å². The smallest absolute Gasteiger partial charge is 0.237 e. The van der Waals surface area contributed by atoms with Crippen LogP contribution in [-0.2, 0) is 4.79 Å². The van der Waals surface area contributed by atoms with Gasteiger partial charge in [0, 0.05) is 6.54 Å². The highest BCUT2D eigenvalue weighted by Gasteiger charge is 2.53. The van der Waals surface area contributed by atoms with Gasteiger partial charge in [-0.05, 0) is 42.9 Å². The van der Waals surface area contributed by atoms with Crippen molar-refractivity contribution in [1.82, 2.24) is 5.32 Å². The lowest BCUT2D eigenvalue weighted by Gasteiger charge is -2.20. The van der Waals surface area contributed by atoms with Gasteiger partial charge in [-0.3, -0.25) is 4.79 Å². The van der Waals surface area contributed by atoms with Crippen LogP contribution in [0.5, 0.6) is 0 Å². The van der Waals surface area contributed by atoms with E-state index in [4.69, 9.17) is 5.73 Å². The van der Waals surface area contributed by atoms with Crippen molar-refractivity contribution in [3.05, 3.63) is 0 Å². The van der Waals surface area contributed by atoms with Crippen LogP contribution in [0.2, 0.25) is 0 Å². The molecule has 0 aromatic rings. The standard InChI is InChI=1S/C13H24N2O/c1-3-9(2)11(14)12(16)15-8-13(6-7-13)10-4-5-10/h9-11H,3-8,14H2,1-2H3,(H,15,16). The first-order valence-corrected chi connectivity index (χ1v) is 6.62. The Labute approximate surface area is 98.2 Å². The van der Waals surface area contributed by atoms with E-state index in [-0.39, 0.29) is 17.9 Å². The largest absolute Gasteiger partial charge is 0.354 e. The minimum atomic E-state index is -0.333. The quantitative estimate of drug-likeness (QED) is 0.721. The summed E-state index contributed by atoms with van der Waals surface area (Å²) in [4.78, 5) is 11.8. The van der Waals surface area contributed by atoms with Crippen molar-refractivity contribution in [2.45, 2.75) is 52.0 Å². The first-order chi connectivity index (χ1) is 7.59. The second-order valence-corrected chi connectivity index (χ2v) is 5.77. The monoisotopic (exact) mass is 224 g/mol. The van der Waals surface area contributed by atoms with Gasteiger partial charge in [-0.1, -0.05) is 20.3 Å². The van der Waals surface area contributed by atoms with Gasteiger partial charge in [0.25, 0.3) is 0 Å². The van der Waals surface area contributed by atoms with E-state index < -0.39 is 0 Å². The summed E-state index contributed by atoms with van der Waals surface area (Å²) in [5, 5.41) is 3.06. The molecule has 0 saturated heterocycles. The number of hydrogen-bond acceptors (Lipinski definition) is 2. The van der Waals surface area contributed by atoms with Gasteiger partial charge in [0.15, 0.2) is 0 Å². The molecule has 2 fully saturated rings. The predicted octanol–water partition coefficient (Wildman–Crippen LogP) is 1.67. The molecule has 0 aliphatic heterocycles. The van der Waals surface area contributed by atoms with Crippen LogP contribution in [-0.4, -0.2) is 18.5 Å². The van der Waals surface area contributed by atoms with Gasteiger partial charge >= 0.3 is 0 Å². The third kappa shape index (κ3) is 2.40. The van der Waals surface area contributed by atoms with E-state index in [2.05, 4.69) is 12.2 Å².